The third kappa shape index (κ3) is 1.64. The summed E-state index contributed by atoms with van der Waals surface area (Å²) >= 11 is 0. The van der Waals surface area contributed by atoms with E-state index >= 15 is 0 Å². The molecule has 0 spiro atoms. The number of nitrogens with two attached hydrogens (primary N) is 1. The van der Waals surface area contributed by atoms with E-state index in [1.807, 2.05) is 0 Å². The van der Waals surface area contributed by atoms with Gasteiger partial charge in [-0.05, 0) is 24.2 Å². The van der Waals surface area contributed by atoms with Gasteiger partial charge in [0, 0.05) is 0 Å². The van der Waals surface area contributed by atoms with E-state index in [-0.39, 0.29) is 6.23 Å². The van der Waals surface area contributed by atoms with E-state index in [4.69, 9.17) is 10.5 Å². The largest absolute Gasteiger partial charge is 0.360 e. The van der Waals surface area contributed by atoms with E-state index < -0.39 is 0 Å². The van der Waals surface area contributed by atoms with E-state index in [2.05, 4.69) is 27.7 Å². The Morgan fingerprint density at radius 2 is 1.67 bits per heavy atom. The van der Waals surface area contributed by atoms with Gasteiger partial charge in [-0.15, -0.1) is 0 Å². The molecule has 0 aromatic heterocycles. The second-order valence-electron chi connectivity index (χ2n) is 4.12. The highest BCUT2D eigenvalue weighted by Crippen LogP contribution is 2.34. The van der Waals surface area contributed by atoms with Crippen LogP contribution in [0.25, 0.3) is 0 Å². The zero-order valence-electron chi connectivity index (χ0n) is 8.58. The molecular weight excluding hydrogens is 150 g/mol. The minimum Gasteiger partial charge on any atom is -0.360 e. The van der Waals surface area contributed by atoms with Crippen molar-refractivity contribution in [1.29, 1.82) is 0 Å². The molecule has 0 aromatic rings. The molecule has 1 rings (SSSR count). The molecule has 0 aliphatic carbocycles. The summed E-state index contributed by atoms with van der Waals surface area (Å²) in [6.45, 7) is 8.88. The zero-order valence-corrected chi connectivity index (χ0v) is 8.58. The van der Waals surface area contributed by atoms with Crippen LogP contribution < -0.4 is 5.73 Å². The van der Waals surface area contributed by atoms with Crippen molar-refractivity contribution in [2.75, 3.05) is 0 Å². The van der Waals surface area contributed by atoms with Crippen molar-refractivity contribution in [3.63, 3.8) is 0 Å². The molecule has 2 nitrogen and oxygen atoms in total. The van der Waals surface area contributed by atoms with E-state index in [1.54, 1.807) is 0 Å². The normalized spacial score (nSPS) is 49.2. The van der Waals surface area contributed by atoms with E-state index in [9.17, 15) is 0 Å². The maximum absolute atomic E-state index is 5.87. The topological polar surface area (TPSA) is 35.2 Å². The maximum atomic E-state index is 5.87. The highest BCUT2D eigenvalue weighted by molar-refractivity contribution is 4.82. The minimum absolute atomic E-state index is 0.0545. The molecule has 1 heterocycles. The van der Waals surface area contributed by atoms with Crippen LogP contribution in [0.15, 0.2) is 0 Å². The fourth-order valence-corrected chi connectivity index (χ4v) is 2.03. The van der Waals surface area contributed by atoms with Crippen molar-refractivity contribution in [3.8, 4) is 0 Å². The third-order valence-electron chi connectivity index (χ3n) is 3.50. The second-order valence-corrected chi connectivity index (χ2v) is 4.12. The van der Waals surface area contributed by atoms with Crippen LogP contribution in [0.4, 0.5) is 0 Å². The van der Waals surface area contributed by atoms with Crippen molar-refractivity contribution in [2.24, 2.45) is 23.5 Å². The van der Waals surface area contributed by atoms with Crippen LogP contribution in [0.5, 0.6) is 0 Å². The Kier molecular flexibility index (Phi) is 3.13. The Morgan fingerprint density at radius 3 is 2.17 bits per heavy atom. The van der Waals surface area contributed by atoms with Gasteiger partial charge in [-0.3, -0.25) is 0 Å². The van der Waals surface area contributed by atoms with Gasteiger partial charge in [0.25, 0.3) is 0 Å². The lowest BCUT2D eigenvalue weighted by Gasteiger charge is -2.42. The molecule has 1 saturated heterocycles. The fourth-order valence-electron chi connectivity index (χ4n) is 2.03. The van der Waals surface area contributed by atoms with Crippen molar-refractivity contribution in [2.45, 2.75) is 46.4 Å². The smallest absolute Gasteiger partial charge is 0.108 e. The molecule has 1 aliphatic heterocycles. The first-order valence-corrected chi connectivity index (χ1v) is 4.99. The van der Waals surface area contributed by atoms with Gasteiger partial charge < -0.3 is 10.5 Å². The first-order valence-electron chi connectivity index (χ1n) is 4.99. The van der Waals surface area contributed by atoms with Crippen LogP contribution in [0.1, 0.15) is 34.1 Å². The van der Waals surface area contributed by atoms with Crippen LogP contribution in [0.3, 0.4) is 0 Å². The molecule has 1 fully saturated rings. The summed E-state index contributed by atoms with van der Waals surface area (Å²) in [7, 11) is 0. The summed E-state index contributed by atoms with van der Waals surface area (Å²) in [5, 5.41) is 0. The molecule has 0 bridgehead atoms. The third-order valence-corrected chi connectivity index (χ3v) is 3.50. The Bertz CT molecular complexity index is 144. The lowest BCUT2D eigenvalue weighted by molar-refractivity contribution is -0.130. The first kappa shape index (κ1) is 10.0. The lowest BCUT2D eigenvalue weighted by atomic mass is 9.78. The summed E-state index contributed by atoms with van der Waals surface area (Å²) in [4.78, 5) is 0. The average molecular weight is 171 g/mol. The van der Waals surface area contributed by atoms with Crippen molar-refractivity contribution in [1.82, 2.24) is 0 Å². The van der Waals surface area contributed by atoms with E-state index in [0.717, 1.165) is 6.42 Å². The predicted octanol–water partition coefficient (Wildman–Crippen LogP) is 1.99. The Hall–Kier alpha value is -0.0800. The van der Waals surface area contributed by atoms with Crippen molar-refractivity contribution < 1.29 is 4.74 Å². The fraction of sp³-hybridized carbons (Fsp3) is 1.00. The summed E-state index contributed by atoms with van der Waals surface area (Å²) in [5.74, 6) is 1.81. The summed E-state index contributed by atoms with van der Waals surface area (Å²) in [6.07, 6.45) is 1.39. The van der Waals surface area contributed by atoms with E-state index in [1.165, 1.54) is 0 Å². The van der Waals surface area contributed by atoms with E-state index in [0.29, 0.717) is 23.9 Å². The summed E-state index contributed by atoms with van der Waals surface area (Å²) in [6, 6.07) is 0. The van der Waals surface area contributed by atoms with Crippen molar-refractivity contribution >= 4 is 0 Å². The molecule has 2 heteroatoms. The van der Waals surface area contributed by atoms with Gasteiger partial charge in [-0.1, -0.05) is 27.7 Å². The van der Waals surface area contributed by atoms with Crippen LogP contribution in [0.2, 0.25) is 0 Å². The zero-order chi connectivity index (χ0) is 9.30. The van der Waals surface area contributed by atoms with Gasteiger partial charge in [-0.2, -0.15) is 0 Å². The standard InChI is InChI=1S/C10H21NO/c1-5-9-7(3)6(2)8(4)10(11)12-9/h6-10H,5,11H2,1-4H3/t6-,7-,8+,9+,10+/m0/s1. The van der Waals surface area contributed by atoms with Crippen LogP contribution in [-0.2, 0) is 4.74 Å². The molecule has 1 aliphatic rings. The highest BCUT2D eigenvalue weighted by atomic mass is 16.5. The van der Waals surface area contributed by atoms with Crippen LogP contribution in [-0.4, -0.2) is 12.3 Å². The number of rotatable bonds is 1. The predicted molar refractivity (Wildman–Crippen MR) is 50.6 cm³/mol. The summed E-state index contributed by atoms with van der Waals surface area (Å²) in [5.41, 5.74) is 5.87. The van der Waals surface area contributed by atoms with Gasteiger partial charge in [-0.25, -0.2) is 0 Å². The lowest BCUT2D eigenvalue weighted by Crippen LogP contribution is -2.48. The molecule has 0 aromatic carbocycles. The van der Waals surface area contributed by atoms with Gasteiger partial charge in [0.05, 0.1) is 6.10 Å². The van der Waals surface area contributed by atoms with Crippen LogP contribution >= 0.6 is 0 Å². The Balaban J connectivity index is 2.63. The minimum atomic E-state index is -0.0545. The highest BCUT2D eigenvalue weighted by Gasteiger charge is 2.36. The quantitative estimate of drug-likeness (QED) is 0.655. The molecule has 72 valence electrons. The second kappa shape index (κ2) is 3.75. The van der Waals surface area contributed by atoms with Crippen molar-refractivity contribution in [3.05, 3.63) is 0 Å². The molecule has 0 radical (unpaired) electrons. The molecule has 0 amide bonds. The Morgan fingerprint density at radius 1 is 1.08 bits per heavy atom. The molecule has 12 heavy (non-hydrogen) atoms. The van der Waals surface area contributed by atoms with Gasteiger partial charge in [0.1, 0.15) is 6.23 Å². The summed E-state index contributed by atoms with van der Waals surface area (Å²) < 4.78 is 5.71. The van der Waals surface area contributed by atoms with Gasteiger partial charge >= 0.3 is 0 Å². The number of ether oxygens (including phenoxy) is 1. The number of hydrogen-bond donors (Lipinski definition) is 1. The number of hydrogen-bond acceptors (Lipinski definition) is 2. The average Bonchev–Trinajstić information content (AvgIpc) is 2.08. The molecule has 2 N–H and O–H groups in total. The maximum Gasteiger partial charge on any atom is 0.108 e. The van der Waals surface area contributed by atoms with Gasteiger partial charge in [0.15, 0.2) is 0 Å². The Labute approximate surface area is 75.5 Å². The molecule has 0 saturated carbocycles. The van der Waals surface area contributed by atoms with Gasteiger partial charge in [0.2, 0.25) is 0 Å². The molecule has 0 unspecified atom stereocenters. The molecule has 5 atom stereocenters. The first-order chi connectivity index (χ1) is 5.57. The molecular formula is C10H21NO. The SMILES string of the molecule is CC[C@H]1O[C@@H](N)[C@H](C)[C@@H](C)[C@@H]1C. The van der Waals surface area contributed by atoms with Crippen LogP contribution in [0, 0.1) is 17.8 Å². The monoisotopic (exact) mass is 171 g/mol.